The molecular weight excluding hydrogens is 1000 g/mol. The van der Waals surface area contributed by atoms with Crippen LogP contribution in [0.1, 0.15) is 78.4 Å². The van der Waals surface area contributed by atoms with Crippen molar-refractivity contribution in [1.29, 1.82) is 0 Å². The molecule has 24 nitrogen and oxygen atoms in total. The van der Waals surface area contributed by atoms with Gasteiger partial charge in [0.05, 0.1) is 17.9 Å². The lowest BCUT2D eigenvalue weighted by atomic mass is 9.94. The molecule has 2 aromatic carbocycles. The number of nitrogens with one attached hydrogen (secondary N) is 6. The Morgan fingerprint density at radius 3 is 2.00 bits per heavy atom. The Morgan fingerprint density at radius 2 is 1.40 bits per heavy atom. The zero-order valence-corrected chi connectivity index (χ0v) is 44.2. The minimum atomic E-state index is -1.98. The molecule has 418 valence electrons. The normalized spacial score (nSPS) is 24.0. The predicted molar refractivity (Wildman–Crippen MR) is 281 cm³/mol. The first kappa shape index (κ1) is 62.7. The molecule has 1 saturated heterocycles. The summed E-state index contributed by atoms with van der Waals surface area (Å²) >= 11 is 0. The van der Waals surface area contributed by atoms with Gasteiger partial charge in [0.15, 0.2) is 5.96 Å². The van der Waals surface area contributed by atoms with E-state index in [1.54, 1.807) is 13.0 Å². The number of hydrogen-bond acceptors (Lipinski definition) is 13. The van der Waals surface area contributed by atoms with Crippen LogP contribution in [0.3, 0.4) is 0 Å². The van der Waals surface area contributed by atoms with Crippen molar-refractivity contribution >= 4 is 65.2 Å². The number of carboxylic acids is 2. The maximum Gasteiger partial charge on any atom is 0.327 e. The van der Waals surface area contributed by atoms with Gasteiger partial charge in [-0.05, 0) is 56.4 Å². The van der Waals surface area contributed by atoms with Crippen LogP contribution in [0, 0.1) is 17.8 Å². The minimum absolute atomic E-state index is 0.0201. The quantitative estimate of drug-likeness (QED) is 0.0288. The van der Waals surface area contributed by atoms with E-state index >= 15 is 0 Å². The van der Waals surface area contributed by atoms with Crippen molar-refractivity contribution in [3.8, 4) is 5.75 Å². The van der Waals surface area contributed by atoms with Gasteiger partial charge in [-0.2, -0.15) is 0 Å². The van der Waals surface area contributed by atoms with E-state index in [1.807, 2.05) is 43.3 Å². The monoisotopic (exact) mass is 1070 g/mol. The van der Waals surface area contributed by atoms with Crippen molar-refractivity contribution in [2.45, 2.75) is 122 Å². The van der Waals surface area contributed by atoms with Crippen LogP contribution in [0.15, 0.2) is 95.7 Å². The Morgan fingerprint density at radius 1 is 0.792 bits per heavy atom. The van der Waals surface area contributed by atoms with Crippen molar-refractivity contribution in [2.75, 3.05) is 13.6 Å². The maximum absolute atomic E-state index is 14.5. The molecule has 1 aliphatic heterocycles. The first-order chi connectivity index (χ1) is 36.2. The highest BCUT2D eigenvalue weighted by molar-refractivity contribution is 6.00. The number of benzene rings is 2. The fourth-order valence-corrected chi connectivity index (χ4v) is 7.89. The van der Waals surface area contributed by atoms with Gasteiger partial charge in [-0.1, -0.05) is 93.6 Å². The SMILES string of the molecule is C=C1C(=O)N[C@H](C)C(=O)N[C@@H](Cc2ccc(O)cc2)C(=O)N[C@@H](C(=O)O)[C@H](C)C(=O)N[C@@H](CCCN=C(N)N)C(=O)N[C@@H](/C=C/C(C)=C/[C@H](C)[C@H](Cc2ccccc2)OC(C)=O)[C@H](C)C(=O)N[C@@H](C(=O)O)CCC(=O)N1C. The van der Waals surface area contributed by atoms with Crippen LogP contribution in [0.25, 0.3) is 0 Å². The molecule has 1 aliphatic rings. The maximum atomic E-state index is 14.5. The van der Waals surface area contributed by atoms with Crippen LogP contribution in [-0.2, 0) is 65.5 Å². The summed E-state index contributed by atoms with van der Waals surface area (Å²) in [5.74, 6) is -14.0. The minimum Gasteiger partial charge on any atom is -0.508 e. The number of likely N-dealkylation sites (N-methyl/N-ethyl adjacent to an activating group) is 1. The number of carbonyl (C=O) groups is 10. The van der Waals surface area contributed by atoms with Crippen LogP contribution in [0.2, 0.25) is 0 Å². The fraction of sp³-hybridized carbons (Fsp3) is 0.453. The summed E-state index contributed by atoms with van der Waals surface area (Å²) in [4.78, 5) is 139. The third-order valence-corrected chi connectivity index (χ3v) is 12.6. The van der Waals surface area contributed by atoms with Crippen molar-refractivity contribution in [2.24, 2.45) is 34.2 Å². The van der Waals surface area contributed by atoms with Gasteiger partial charge < -0.3 is 68.3 Å². The molecule has 0 bridgehead atoms. The topological polar surface area (TPSA) is 380 Å². The number of aromatic hydroxyl groups is 1. The molecule has 0 saturated carbocycles. The molecule has 0 aliphatic carbocycles. The molecule has 0 aromatic heterocycles. The lowest BCUT2D eigenvalue weighted by molar-refractivity contribution is -0.148. The second-order valence-electron chi connectivity index (χ2n) is 18.9. The standard InChI is InChI=1S/C53H72N10O14/c1-28(25-29(2)42(77-34(7)64)27-35-13-10-9-11-14-35)16-21-38-30(3)45(67)60-40(51(73)74)22-23-43(66)63(8)33(6)48(70)57-32(5)47(69)61-41(26-36-17-19-37(65)20-18-36)50(72)62-44(52(75)76)31(4)46(68)59-39(49(71)58-38)15-12-24-56-53(54)55/h9-11,13-14,16-21,25,29-32,38-42,44,65H,6,12,15,22-24,26-27H2,1-5,7-8H3,(H,57,70)(H,58,71)(H,59,68)(H,60,67)(H,61,69)(H,62,72)(H,73,74)(H,75,76)(H4,54,55,56)/b21-16+,28-25+/t29-,30-,31-,32+,38-,39-,40+,41-,42-,44+/m0/s1. The van der Waals surface area contributed by atoms with Crippen LogP contribution in [0.4, 0.5) is 0 Å². The number of phenolic OH excluding ortho intramolecular Hbond substituents is 1. The number of aliphatic carboxylic acids is 2. The van der Waals surface area contributed by atoms with Gasteiger partial charge >= 0.3 is 17.9 Å². The number of aliphatic imine (C=N–C) groups is 1. The van der Waals surface area contributed by atoms with E-state index in [0.29, 0.717) is 17.6 Å². The lowest BCUT2D eigenvalue weighted by Gasteiger charge is -2.28. The summed E-state index contributed by atoms with van der Waals surface area (Å²) < 4.78 is 5.68. The molecule has 77 heavy (non-hydrogen) atoms. The molecule has 0 radical (unpaired) electrons. The van der Waals surface area contributed by atoms with Gasteiger partial charge in [-0.15, -0.1) is 0 Å². The van der Waals surface area contributed by atoms with E-state index in [-0.39, 0.29) is 43.4 Å². The van der Waals surface area contributed by atoms with E-state index < -0.39 is 132 Å². The van der Waals surface area contributed by atoms with Crippen molar-refractivity contribution < 1.29 is 68.0 Å². The Labute approximate surface area is 446 Å². The number of carbonyl (C=O) groups excluding carboxylic acids is 8. The molecular formula is C53H72N10O14. The van der Waals surface area contributed by atoms with Gasteiger partial charge in [0, 0.05) is 45.7 Å². The number of phenols is 1. The molecule has 2 aromatic rings. The van der Waals surface area contributed by atoms with Crippen molar-refractivity contribution in [3.63, 3.8) is 0 Å². The molecule has 0 unspecified atom stereocenters. The number of nitrogens with zero attached hydrogens (tertiary/aromatic N) is 2. The summed E-state index contributed by atoms with van der Waals surface area (Å²) in [5, 5.41) is 45.3. The Hall–Kier alpha value is -8.57. The number of carboxylic acid groups (broad SMARTS) is 2. The summed E-state index contributed by atoms with van der Waals surface area (Å²) in [5.41, 5.74) is 12.5. The van der Waals surface area contributed by atoms with Crippen molar-refractivity contribution in [1.82, 2.24) is 36.8 Å². The molecule has 24 heteroatoms. The number of rotatable bonds is 15. The van der Waals surface area contributed by atoms with Crippen LogP contribution in [0.5, 0.6) is 5.75 Å². The highest BCUT2D eigenvalue weighted by Crippen LogP contribution is 2.20. The first-order valence-corrected chi connectivity index (χ1v) is 24.8. The van der Waals surface area contributed by atoms with E-state index in [2.05, 4.69) is 43.5 Å². The van der Waals surface area contributed by atoms with Crippen LogP contribution >= 0.6 is 0 Å². The molecule has 1 heterocycles. The van der Waals surface area contributed by atoms with Crippen LogP contribution < -0.4 is 43.4 Å². The summed E-state index contributed by atoms with van der Waals surface area (Å²) in [6.45, 7) is 12.3. The largest absolute Gasteiger partial charge is 0.508 e. The second kappa shape index (κ2) is 30.1. The average molecular weight is 1070 g/mol. The Kier molecular flexibility index (Phi) is 24.5. The summed E-state index contributed by atoms with van der Waals surface area (Å²) in [6, 6.07) is 5.47. The van der Waals surface area contributed by atoms with Gasteiger partial charge in [0.2, 0.25) is 35.4 Å². The Bertz CT molecular complexity index is 2570. The third kappa shape index (κ3) is 20.6. The van der Waals surface area contributed by atoms with Crippen LogP contribution in [-0.4, -0.2) is 141 Å². The molecule has 7 amide bonds. The van der Waals surface area contributed by atoms with E-state index in [1.165, 1.54) is 65.1 Å². The summed E-state index contributed by atoms with van der Waals surface area (Å²) in [6.07, 6.45) is 3.26. The average Bonchev–Trinajstić information content (AvgIpc) is 3.37. The number of allylic oxidation sites excluding steroid dienone is 2. The second-order valence-corrected chi connectivity index (χ2v) is 18.9. The third-order valence-electron chi connectivity index (χ3n) is 12.6. The number of amides is 7. The Balaban J connectivity index is 2.16. The number of nitrogens with two attached hydrogens (primary N) is 2. The van der Waals surface area contributed by atoms with E-state index in [4.69, 9.17) is 16.2 Å². The predicted octanol–water partition coefficient (Wildman–Crippen LogP) is 0.437. The molecule has 13 N–H and O–H groups in total. The summed E-state index contributed by atoms with van der Waals surface area (Å²) in [7, 11) is 1.18. The smallest absolute Gasteiger partial charge is 0.327 e. The van der Waals surface area contributed by atoms with Crippen molar-refractivity contribution in [3.05, 3.63) is 102 Å². The van der Waals surface area contributed by atoms with Gasteiger partial charge in [-0.3, -0.25) is 43.3 Å². The lowest BCUT2D eigenvalue weighted by Crippen LogP contribution is -2.59. The number of ether oxygens (including phenoxy) is 1. The molecule has 10 atom stereocenters. The van der Waals surface area contributed by atoms with Gasteiger partial charge in [-0.25, -0.2) is 9.59 Å². The van der Waals surface area contributed by atoms with E-state index in [9.17, 15) is 63.3 Å². The molecule has 3 rings (SSSR count). The van der Waals surface area contributed by atoms with Gasteiger partial charge in [0.25, 0.3) is 5.91 Å². The molecule has 0 spiro atoms. The van der Waals surface area contributed by atoms with E-state index in [0.717, 1.165) is 10.5 Å². The fourth-order valence-electron chi connectivity index (χ4n) is 7.89. The zero-order chi connectivity index (χ0) is 57.7. The molecule has 1 fully saturated rings. The number of guanidine groups is 1. The van der Waals surface area contributed by atoms with Gasteiger partial charge in [0.1, 0.15) is 47.8 Å². The number of hydrogen-bond donors (Lipinski definition) is 11. The number of esters is 1. The highest BCUT2D eigenvalue weighted by atomic mass is 16.5. The highest BCUT2D eigenvalue weighted by Gasteiger charge is 2.37. The first-order valence-electron chi connectivity index (χ1n) is 24.8. The zero-order valence-electron chi connectivity index (χ0n) is 44.2.